The molecule has 3 nitrogen and oxygen atoms in total. The minimum Gasteiger partial charge on any atom is -0.309 e. The molecule has 0 spiro atoms. The summed E-state index contributed by atoms with van der Waals surface area (Å²) in [6.07, 6.45) is 0. The number of hydrogen-bond donors (Lipinski definition) is 0. The van der Waals surface area contributed by atoms with Crippen molar-refractivity contribution in [3.05, 3.63) is 140 Å². The molecule has 3 heteroatoms. The van der Waals surface area contributed by atoms with Crippen LogP contribution in [-0.4, -0.2) is 13.4 Å². The van der Waals surface area contributed by atoms with E-state index in [4.69, 9.17) is 0 Å². The van der Waals surface area contributed by atoms with Crippen LogP contribution >= 0.6 is 0 Å². The van der Waals surface area contributed by atoms with Gasteiger partial charge in [0.25, 0.3) is 0 Å². The number of aromatic nitrogens is 3. The molecule has 0 N–H and O–H groups in total. The molecule has 11 aromatic rings. The zero-order valence-electron chi connectivity index (χ0n) is 23.1. The normalized spacial score (nSPS) is 12.7. The predicted octanol–water partition coefficient (Wildman–Crippen LogP) is 10.5. The SMILES string of the molecule is c1ccc(-n2c3ccccc3c3cc4c5ccc6ccc7c8ccccc8n8c9ccccc9n(c4cc32)c5c6c78)cc1. The highest BCUT2D eigenvalue weighted by molar-refractivity contribution is 6.30. The lowest BCUT2D eigenvalue weighted by atomic mass is 10.0. The Balaban J connectivity index is 1.48. The van der Waals surface area contributed by atoms with E-state index >= 15 is 0 Å². The van der Waals surface area contributed by atoms with Crippen LogP contribution in [-0.2, 0) is 0 Å². The van der Waals surface area contributed by atoms with E-state index in [1.54, 1.807) is 0 Å². The highest BCUT2D eigenvalue weighted by Gasteiger charge is 2.23. The average molecular weight is 546 g/mol. The van der Waals surface area contributed by atoms with Crippen LogP contribution in [0.4, 0.5) is 0 Å². The number of nitrogens with zero attached hydrogens (tertiary/aromatic N) is 3. The number of rotatable bonds is 1. The molecule has 0 aliphatic heterocycles. The Bertz CT molecular complexity index is 2930. The van der Waals surface area contributed by atoms with E-state index in [2.05, 4.69) is 153 Å². The second kappa shape index (κ2) is 7.53. The van der Waals surface area contributed by atoms with E-state index in [1.807, 2.05) is 0 Å². The first-order valence-corrected chi connectivity index (χ1v) is 14.9. The molecule has 0 radical (unpaired) electrons. The van der Waals surface area contributed by atoms with E-state index in [0.29, 0.717) is 0 Å². The molecule has 0 unspecified atom stereocenters. The summed E-state index contributed by atoms with van der Waals surface area (Å²) in [5.74, 6) is 0. The Kier molecular flexibility index (Phi) is 3.83. The van der Waals surface area contributed by atoms with Crippen LogP contribution in [0.5, 0.6) is 0 Å². The molecular formula is C40H23N3. The lowest BCUT2D eigenvalue weighted by Gasteiger charge is -2.08. The summed E-state index contributed by atoms with van der Waals surface area (Å²) in [5.41, 5.74) is 11.1. The minimum atomic E-state index is 1.18. The van der Waals surface area contributed by atoms with Crippen LogP contribution in [0.2, 0.25) is 0 Å². The summed E-state index contributed by atoms with van der Waals surface area (Å²) < 4.78 is 7.46. The summed E-state index contributed by atoms with van der Waals surface area (Å²) in [6.45, 7) is 0. The Labute approximate surface area is 245 Å². The summed E-state index contributed by atoms with van der Waals surface area (Å²) >= 11 is 0. The van der Waals surface area contributed by atoms with Crippen molar-refractivity contribution in [3.8, 4) is 5.69 Å². The summed E-state index contributed by atoms with van der Waals surface area (Å²) in [6, 6.07) is 51.5. The fourth-order valence-corrected chi connectivity index (χ4v) is 8.02. The highest BCUT2D eigenvalue weighted by atomic mass is 15.0. The Morgan fingerprint density at radius 2 is 0.860 bits per heavy atom. The van der Waals surface area contributed by atoms with Crippen molar-refractivity contribution >= 4 is 87.2 Å². The van der Waals surface area contributed by atoms with Crippen molar-refractivity contribution in [1.82, 2.24) is 13.4 Å². The van der Waals surface area contributed by atoms with Gasteiger partial charge >= 0.3 is 0 Å². The van der Waals surface area contributed by atoms with Gasteiger partial charge in [0.05, 0.1) is 44.1 Å². The number of benzene rings is 7. The van der Waals surface area contributed by atoms with E-state index in [0.717, 1.165) is 0 Å². The minimum absolute atomic E-state index is 1.18. The molecule has 0 atom stereocenters. The summed E-state index contributed by atoms with van der Waals surface area (Å²) in [4.78, 5) is 0. The van der Waals surface area contributed by atoms with Gasteiger partial charge in [0, 0.05) is 43.4 Å². The molecule has 0 amide bonds. The fourth-order valence-electron chi connectivity index (χ4n) is 8.02. The molecule has 0 aliphatic rings. The third kappa shape index (κ3) is 2.54. The van der Waals surface area contributed by atoms with Crippen LogP contribution in [0.1, 0.15) is 0 Å². The quantitative estimate of drug-likeness (QED) is 0.195. The van der Waals surface area contributed by atoms with E-state index in [-0.39, 0.29) is 0 Å². The van der Waals surface area contributed by atoms with Gasteiger partial charge in [0.1, 0.15) is 0 Å². The highest BCUT2D eigenvalue weighted by Crippen LogP contribution is 2.45. The Morgan fingerprint density at radius 1 is 0.326 bits per heavy atom. The second-order valence-electron chi connectivity index (χ2n) is 11.8. The molecule has 7 aromatic carbocycles. The second-order valence-corrected chi connectivity index (χ2v) is 11.8. The van der Waals surface area contributed by atoms with E-state index in [1.165, 1.54) is 92.9 Å². The van der Waals surface area contributed by atoms with Crippen molar-refractivity contribution in [1.29, 1.82) is 0 Å². The third-order valence-electron chi connectivity index (χ3n) is 9.71. The van der Waals surface area contributed by atoms with Crippen LogP contribution in [0.25, 0.3) is 92.9 Å². The first kappa shape index (κ1) is 21.9. The molecule has 0 fully saturated rings. The zero-order valence-corrected chi connectivity index (χ0v) is 23.1. The van der Waals surface area contributed by atoms with Gasteiger partial charge in [-0.05, 0) is 53.9 Å². The van der Waals surface area contributed by atoms with Crippen LogP contribution < -0.4 is 0 Å². The molecule has 4 aromatic heterocycles. The maximum Gasteiger partial charge on any atom is 0.0703 e. The Morgan fingerprint density at radius 3 is 1.58 bits per heavy atom. The van der Waals surface area contributed by atoms with Gasteiger partial charge < -0.3 is 13.4 Å². The van der Waals surface area contributed by atoms with E-state index < -0.39 is 0 Å². The van der Waals surface area contributed by atoms with Gasteiger partial charge in [-0.25, -0.2) is 0 Å². The maximum atomic E-state index is 2.54. The lowest BCUT2D eigenvalue weighted by molar-refractivity contribution is 1.18. The summed E-state index contributed by atoms with van der Waals surface area (Å²) in [5, 5.41) is 10.3. The smallest absolute Gasteiger partial charge is 0.0703 e. The molecule has 4 heterocycles. The van der Waals surface area contributed by atoms with Gasteiger partial charge in [-0.3, -0.25) is 0 Å². The van der Waals surface area contributed by atoms with Crippen molar-refractivity contribution in [2.24, 2.45) is 0 Å². The van der Waals surface area contributed by atoms with Gasteiger partial charge in [0.2, 0.25) is 0 Å². The van der Waals surface area contributed by atoms with Crippen LogP contribution in [0, 0.1) is 0 Å². The van der Waals surface area contributed by atoms with Crippen molar-refractivity contribution < 1.29 is 0 Å². The van der Waals surface area contributed by atoms with Crippen molar-refractivity contribution in [2.75, 3.05) is 0 Å². The van der Waals surface area contributed by atoms with Crippen LogP contribution in [0.3, 0.4) is 0 Å². The molecule has 0 bridgehead atoms. The first-order valence-electron chi connectivity index (χ1n) is 14.9. The topological polar surface area (TPSA) is 13.8 Å². The number of para-hydroxylation sites is 5. The van der Waals surface area contributed by atoms with Crippen molar-refractivity contribution in [3.63, 3.8) is 0 Å². The van der Waals surface area contributed by atoms with E-state index in [9.17, 15) is 0 Å². The molecule has 11 rings (SSSR count). The molecular weight excluding hydrogens is 522 g/mol. The standard InChI is InChI=1S/C40H23N3/c1-2-10-25(11-3-1)41-32-14-6-5-13-27(32)30-22-31-29-21-19-24-18-20-28-26-12-4-7-15-33(26)42-34-16-8-9-17-35(34)43(37(31)23-36(30)41)40(29)38(24)39(28)42/h1-23H. The predicted molar refractivity (Wildman–Crippen MR) is 181 cm³/mol. The largest absolute Gasteiger partial charge is 0.309 e. The van der Waals surface area contributed by atoms with Gasteiger partial charge in [-0.15, -0.1) is 0 Å². The average Bonchev–Trinajstić information content (AvgIpc) is 3.66. The van der Waals surface area contributed by atoms with Crippen molar-refractivity contribution in [2.45, 2.75) is 0 Å². The Hall–Kier alpha value is -5.80. The maximum absolute atomic E-state index is 2.54. The fraction of sp³-hybridized carbons (Fsp3) is 0. The van der Waals surface area contributed by atoms with Crippen LogP contribution in [0.15, 0.2) is 140 Å². The lowest BCUT2D eigenvalue weighted by Crippen LogP contribution is -1.93. The third-order valence-corrected chi connectivity index (χ3v) is 9.71. The number of fused-ring (bicyclic) bond motifs is 12. The van der Waals surface area contributed by atoms with Gasteiger partial charge in [0.15, 0.2) is 0 Å². The molecule has 0 saturated carbocycles. The van der Waals surface area contributed by atoms with Gasteiger partial charge in [-0.1, -0.05) is 91.0 Å². The summed E-state index contributed by atoms with van der Waals surface area (Å²) in [7, 11) is 0. The molecule has 0 saturated heterocycles. The van der Waals surface area contributed by atoms with Gasteiger partial charge in [-0.2, -0.15) is 0 Å². The first-order chi connectivity index (χ1) is 21.4. The number of hydrogen-bond acceptors (Lipinski definition) is 0. The molecule has 198 valence electrons. The monoisotopic (exact) mass is 545 g/mol. The molecule has 0 aliphatic carbocycles. The zero-order chi connectivity index (χ0) is 27.8. The molecule has 43 heavy (non-hydrogen) atoms.